The molecular weight excluding hydrogens is 281 g/mol. The van der Waals surface area contributed by atoms with Gasteiger partial charge in [-0.2, -0.15) is 18.3 Å². The number of esters is 2. The Morgan fingerprint density at radius 1 is 1.60 bits per heavy atom. The first-order valence-electron chi connectivity index (χ1n) is 5.76. The molecule has 110 valence electrons. The number of alkyl halides is 3. The van der Waals surface area contributed by atoms with Gasteiger partial charge in [0, 0.05) is 12.6 Å². The van der Waals surface area contributed by atoms with Gasteiger partial charge in [0.15, 0.2) is 5.69 Å². The van der Waals surface area contributed by atoms with E-state index < -0.39 is 36.5 Å². The number of halogens is 3. The smallest absolute Gasteiger partial charge is 0.435 e. The van der Waals surface area contributed by atoms with Crippen LogP contribution in [0.4, 0.5) is 13.2 Å². The van der Waals surface area contributed by atoms with Crippen LogP contribution in [-0.4, -0.2) is 33.9 Å². The van der Waals surface area contributed by atoms with Gasteiger partial charge in [-0.15, -0.1) is 0 Å². The molecular formula is C11H11F3N2O4. The van der Waals surface area contributed by atoms with E-state index in [-0.39, 0.29) is 12.5 Å². The first kappa shape index (κ1) is 14.4. The van der Waals surface area contributed by atoms with Crippen LogP contribution in [0.15, 0.2) is 12.3 Å². The van der Waals surface area contributed by atoms with Crippen LogP contribution in [0.1, 0.15) is 19.0 Å². The van der Waals surface area contributed by atoms with Crippen LogP contribution in [0.2, 0.25) is 0 Å². The largest absolute Gasteiger partial charge is 0.460 e. The Bertz CT molecular complexity index is 526. The molecule has 20 heavy (non-hydrogen) atoms. The molecule has 1 fully saturated rings. The summed E-state index contributed by atoms with van der Waals surface area (Å²) in [6.07, 6.45) is -4.67. The van der Waals surface area contributed by atoms with E-state index in [0.717, 1.165) is 16.9 Å². The van der Waals surface area contributed by atoms with Crippen LogP contribution >= 0.6 is 0 Å². The zero-order valence-electron chi connectivity index (χ0n) is 10.4. The lowest BCUT2D eigenvalue weighted by atomic mass is 10.2. The van der Waals surface area contributed by atoms with Gasteiger partial charge in [0.2, 0.25) is 6.10 Å². The minimum absolute atomic E-state index is 0.234. The third-order valence-corrected chi connectivity index (χ3v) is 2.62. The molecule has 0 amide bonds. The van der Waals surface area contributed by atoms with Crippen LogP contribution in [0.5, 0.6) is 0 Å². The van der Waals surface area contributed by atoms with E-state index in [0.29, 0.717) is 0 Å². The monoisotopic (exact) mass is 292 g/mol. The second kappa shape index (κ2) is 5.14. The molecule has 0 N–H and O–H groups in total. The van der Waals surface area contributed by atoms with Crippen molar-refractivity contribution in [2.45, 2.75) is 38.3 Å². The highest BCUT2D eigenvalue weighted by Crippen LogP contribution is 2.27. The molecule has 0 aromatic carbocycles. The number of cyclic esters (lactones) is 1. The van der Waals surface area contributed by atoms with Gasteiger partial charge in [-0.3, -0.25) is 9.48 Å². The van der Waals surface area contributed by atoms with E-state index >= 15 is 0 Å². The highest BCUT2D eigenvalue weighted by atomic mass is 19.4. The van der Waals surface area contributed by atoms with Crippen LogP contribution < -0.4 is 0 Å². The maximum atomic E-state index is 12.3. The molecule has 2 rings (SSSR count). The summed E-state index contributed by atoms with van der Waals surface area (Å²) in [4.78, 5) is 22.7. The topological polar surface area (TPSA) is 70.4 Å². The molecule has 0 saturated carbocycles. The predicted octanol–water partition coefficient (Wildman–Crippen LogP) is 1.15. The zero-order valence-corrected chi connectivity index (χ0v) is 10.4. The third-order valence-electron chi connectivity index (χ3n) is 2.62. The van der Waals surface area contributed by atoms with Crippen molar-refractivity contribution in [3.05, 3.63) is 18.0 Å². The van der Waals surface area contributed by atoms with E-state index in [2.05, 4.69) is 5.10 Å². The van der Waals surface area contributed by atoms with Crippen LogP contribution in [0.3, 0.4) is 0 Å². The number of carbonyl (C=O) groups is 2. The lowest BCUT2D eigenvalue weighted by Gasteiger charge is -2.08. The maximum absolute atomic E-state index is 12.3. The summed E-state index contributed by atoms with van der Waals surface area (Å²) in [7, 11) is 0. The van der Waals surface area contributed by atoms with Crippen molar-refractivity contribution in [1.29, 1.82) is 0 Å². The van der Waals surface area contributed by atoms with Crippen molar-refractivity contribution in [3.63, 3.8) is 0 Å². The fourth-order valence-electron chi connectivity index (χ4n) is 1.75. The van der Waals surface area contributed by atoms with Crippen LogP contribution in [0, 0.1) is 0 Å². The van der Waals surface area contributed by atoms with E-state index in [4.69, 9.17) is 9.47 Å². The number of rotatable bonds is 3. The van der Waals surface area contributed by atoms with Gasteiger partial charge >= 0.3 is 18.1 Å². The summed E-state index contributed by atoms with van der Waals surface area (Å²) in [6, 6.07) is 0.749. The fraction of sp³-hybridized carbons (Fsp3) is 0.545. The summed E-state index contributed by atoms with van der Waals surface area (Å²) < 4.78 is 47.3. The Labute approximate surface area is 111 Å². The average Bonchev–Trinajstić information content (AvgIpc) is 2.86. The second-order valence-corrected chi connectivity index (χ2v) is 4.36. The van der Waals surface area contributed by atoms with Gasteiger partial charge in [-0.25, -0.2) is 4.79 Å². The molecule has 2 atom stereocenters. The Hall–Kier alpha value is -2.06. The van der Waals surface area contributed by atoms with E-state index in [1.165, 1.54) is 0 Å². The standard InChI is InChI=1S/C11H11F3N2O4/c1-6-4-7(10(18)19-6)20-9(17)5-16-3-2-8(15-16)11(12,13)14/h2-3,6-7H,4-5H2,1H3/t6-,7+/m1/s1. The quantitative estimate of drug-likeness (QED) is 0.782. The van der Waals surface area contributed by atoms with Crippen LogP contribution in [-0.2, 0) is 31.8 Å². The van der Waals surface area contributed by atoms with Gasteiger partial charge in [0.25, 0.3) is 0 Å². The number of aromatic nitrogens is 2. The number of nitrogens with zero attached hydrogens (tertiary/aromatic N) is 2. The number of hydrogen-bond acceptors (Lipinski definition) is 5. The van der Waals surface area contributed by atoms with Crippen molar-refractivity contribution in [3.8, 4) is 0 Å². The summed E-state index contributed by atoms with van der Waals surface area (Å²) in [6.45, 7) is 1.14. The summed E-state index contributed by atoms with van der Waals surface area (Å²) in [5, 5.41) is 3.20. The predicted molar refractivity (Wildman–Crippen MR) is 57.3 cm³/mol. The molecule has 0 unspecified atom stereocenters. The molecule has 0 spiro atoms. The summed E-state index contributed by atoms with van der Waals surface area (Å²) >= 11 is 0. The molecule has 1 aromatic heterocycles. The molecule has 0 radical (unpaired) electrons. The third kappa shape index (κ3) is 3.28. The molecule has 0 bridgehead atoms. The lowest BCUT2D eigenvalue weighted by molar-refractivity contribution is -0.161. The molecule has 6 nitrogen and oxygen atoms in total. The maximum Gasteiger partial charge on any atom is 0.435 e. The Morgan fingerprint density at radius 3 is 2.80 bits per heavy atom. The zero-order chi connectivity index (χ0) is 14.9. The first-order valence-corrected chi connectivity index (χ1v) is 5.76. The highest BCUT2D eigenvalue weighted by Gasteiger charge is 2.36. The Morgan fingerprint density at radius 2 is 2.30 bits per heavy atom. The van der Waals surface area contributed by atoms with E-state index in [1.807, 2.05) is 0 Å². The fourth-order valence-corrected chi connectivity index (χ4v) is 1.75. The van der Waals surface area contributed by atoms with Crippen molar-refractivity contribution < 1.29 is 32.2 Å². The minimum atomic E-state index is -4.57. The molecule has 1 aliphatic rings. The highest BCUT2D eigenvalue weighted by molar-refractivity contribution is 5.80. The van der Waals surface area contributed by atoms with E-state index in [9.17, 15) is 22.8 Å². The molecule has 1 aliphatic heterocycles. The summed E-state index contributed by atoms with van der Waals surface area (Å²) in [5.74, 6) is -1.50. The number of ether oxygens (including phenoxy) is 2. The van der Waals surface area contributed by atoms with Gasteiger partial charge in [-0.05, 0) is 13.0 Å². The van der Waals surface area contributed by atoms with Gasteiger partial charge < -0.3 is 9.47 Å². The lowest BCUT2D eigenvalue weighted by Crippen LogP contribution is -2.25. The van der Waals surface area contributed by atoms with Gasteiger partial charge in [-0.1, -0.05) is 0 Å². The van der Waals surface area contributed by atoms with Crippen molar-refractivity contribution >= 4 is 11.9 Å². The average molecular weight is 292 g/mol. The minimum Gasteiger partial charge on any atom is -0.460 e. The first-order chi connectivity index (χ1) is 9.25. The second-order valence-electron chi connectivity index (χ2n) is 4.36. The molecule has 9 heteroatoms. The molecule has 2 heterocycles. The molecule has 1 saturated heterocycles. The van der Waals surface area contributed by atoms with Gasteiger partial charge in [0.1, 0.15) is 12.6 Å². The normalized spacial score (nSPS) is 22.7. The van der Waals surface area contributed by atoms with Crippen LogP contribution in [0.25, 0.3) is 0 Å². The number of carbonyl (C=O) groups excluding carboxylic acids is 2. The molecule has 1 aromatic rings. The Kier molecular flexibility index (Phi) is 3.69. The van der Waals surface area contributed by atoms with Crippen molar-refractivity contribution in [1.82, 2.24) is 9.78 Å². The Balaban J connectivity index is 1.92. The molecule has 0 aliphatic carbocycles. The SMILES string of the molecule is C[C@@H]1C[C@H](OC(=O)Cn2ccc(C(F)(F)F)n2)C(=O)O1. The van der Waals surface area contributed by atoms with E-state index in [1.54, 1.807) is 6.92 Å². The van der Waals surface area contributed by atoms with Gasteiger partial charge in [0.05, 0.1) is 0 Å². The number of hydrogen-bond donors (Lipinski definition) is 0. The summed E-state index contributed by atoms with van der Waals surface area (Å²) in [5.41, 5.74) is -1.10. The van der Waals surface area contributed by atoms with Crippen molar-refractivity contribution in [2.75, 3.05) is 0 Å². The van der Waals surface area contributed by atoms with Crippen molar-refractivity contribution in [2.24, 2.45) is 0 Å².